The summed E-state index contributed by atoms with van der Waals surface area (Å²) in [5.41, 5.74) is 0.901. The number of hydrogen-bond donors (Lipinski definition) is 1. The first kappa shape index (κ1) is 12.1. The van der Waals surface area contributed by atoms with Gasteiger partial charge in [0.25, 0.3) is 0 Å². The van der Waals surface area contributed by atoms with Gasteiger partial charge in [-0.05, 0) is 18.6 Å². The van der Waals surface area contributed by atoms with Crippen LogP contribution in [0.25, 0.3) is 11.4 Å². The molecule has 0 aliphatic rings. The minimum Gasteiger partial charge on any atom is -0.391 e. The fraction of sp³-hybridized carbons (Fsp3) is 0.333. The molecule has 0 aliphatic carbocycles. The summed E-state index contributed by atoms with van der Waals surface area (Å²) in [7, 11) is 0. The van der Waals surface area contributed by atoms with Gasteiger partial charge >= 0.3 is 0 Å². The average molecular weight is 252 g/mol. The zero-order valence-electron chi connectivity index (χ0n) is 9.55. The third-order valence-corrected chi connectivity index (χ3v) is 2.79. The minimum atomic E-state index is -0.408. The summed E-state index contributed by atoms with van der Waals surface area (Å²) in [6.07, 6.45) is 1.77. The molecule has 0 saturated heterocycles. The maximum atomic E-state index is 9.64. The van der Waals surface area contributed by atoms with Crippen LogP contribution in [0.2, 0.25) is 5.02 Å². The van der Waals surface area contributed by atoms with Crippen molar-refractivity contribution in [2.24, 2.45) is 0 Å². The van der Waals surface area contributed by atoms with Gasteiger partial charge in [0.1, 0.15) is 6.33 Å². The molecule has 17 heavy (non-hydrogen) atoms. The van der Waals surface area contributed by atoms with Crippen LogP contribution in [0, 0.1) is 0 Å². The van der Waals surface area contributed by atoms with Crippen molar-refractivity contribution >= 4 is 11.6 Å². The molecule has 1 unspecified atom stereocenters. The lowest BCUT2D eigenvalue weighted by Crippen LogP contribution is -2.16. The van der Waals surface area contributed by atoms with Crippen molar-refractivity contribution in [1.82, 2.24) is 14.8 Å². The molecule has 0 amide bonds. The molecule has 1 aromatic carbocycles. The van der Waals surface area contributed by atoms with Crippen LogP contribution in [-0.4, -0.2) is 26.0 Å². The molecule has 5 heteroatoms. The largest absolute Gasteiger partial charge is 0.391 e. The van der Waals surface area contributed by atoms with E-state index >= 15 is 0 Å². The highest BCUT2D eigenvalue weighted by atomic mass is 35.5. The molecule has 0 aliphatic heterocycles. The zero-order chi connectivity index (χ0) is 12.3. The van der Waals surface area contributed by atoms with Crippen LogP contribution in [0.5, 0.6) is 0 Å². The Morgan fingerprint density at radius 1 is 1.47 bits per heavy atom. The molecule has 1 aromatic heterocycles. The molecule has 0 saturated carbocycles. The van der Waals surface area contributed by atoms with Crippen LogP contribution < -0.4 is 0 Å². The lowest BCUT2D eigenvalue weighted by atomic mass is 10.2. The van der Waals surface area contributed by atoms with Crippen molar-refractivity contribution in [3.63, 3.8) is 0 Å². The number of aromatic nitrogens is 3. The van der Waals surface area contributed by atoms with Crippen LogP contribution >= 0.6 is 11.6 Å². The first-order chi connectivity index (χ1) is 8.20. The Morgan fingerprint density at radius 3 is 3.00 bits per heavy atom. The van der Waals surface area contributed by atoms with Gasteiger partial charge in [-0.15, -0.1) is 0 Å². The fourth-order valence-electron chi connectivity index (χ4n) is 1.58. The van der Waals surface area contributed by atoms with Gasteiger partial charge in [-0.1, -0.05) is 30.7 Å². The number of nitrogens with zero attached hydrogens (tertiary/aromatic N) is 3. The maximum Gasteiger partial charge on any atom is 0.158 e. The summed E-state index contributed by atoms with van der Waals surface area (Å²) in [4.78, 5) is 4.20. The Morgan fingerprint density at radius 2 is 2.29 bits per heavy atom. The van der Waals surface area contributed by atoms with E-state index in [1.165, 1.54) is 6.33 Å². The van der Waals surface area contributed by atoms with Crippen molar-refractivity contribution in [3.8, 4) is 11.4 Å². The standard InChI is InChI=1S/C12H14ClN3O/c1-2-11(17)7-16-12(14-8-15-16)9-4-3-5-10(13)6-9/h3-6,8,11,17H,2,7H2,1H3. The predicted molar refractivity (Wildman–Crippen MR) is 66.8 cm³/mol. The van der Waals surface area contributed by atoms with Gasteiger partial charge < -0.3 is 5.11 Å². The summed E-state index contributed by atoms with van der Waals surface area (Å²) in [6.45, 7) is 2.37. The summed E-state index contributed by atoms with van der Waals surface area (Å²) < 4.78 is 1.69. The maximum absolute atomic E-state index is 9.64. The van der Waals surface area contributed by atoms with E-state index in [2.05, 4.69) is 10.1 Å². The van der Waals surface area contributed by atoms with E-state index in [1.54, 1.807) is 4.68 Å². The number of aliphatic hydroxyl groups is 1. The summed E-state index contributed by atoms with van der Waals surface area (Å²) >= 11 is 5.94. The van der Waals surface area contributed by atoms with E-state index < -0.39 is 6.10 Å². The molecule has 1 atom stereocenters. The second-order valence-corrected chi connectivity index (χ2v) is 4.27. The topological polar surface area (TPSA) is 50.9 Å². The smallest absolute Gasteiger partial charge is 0.158 e. The van der Waals surface area contributed by atoms with Crippen molar-refractivity contribution in [2.45, 2.75) is 26.0 Å². The summed E-state index contributed by atoms with van der Waals surface area (Å²) in [5.74, 6) is 0.722. The molecule has 0 bridgehead atoms. The number of benzene rings is 1. The molecule has 1 N–H and O–H groups in total. The zero-order valence-corrected chi connectivity index (χ0v) is 10.3. The van der Waals surface area contributed by atoms with E-state index in [0.29, 0.717) is 18.0 Å². The molecule has 0 fully saturated rings. The Bertz CT molecular complexity index is 498. The van der Waals surface area contributed by atoms with Crippen LogP contribution in [0.15, 0.2) is 30.6 Å². The van der Waals surface area contributed by atoms with Crippen LogP contribution in [0.1, 0.15) is 13.3 Å². The van der Waals surface area contributed by atoms with Crippen LogP contribution in [0.4, 0.5) is 0 Å². The van der Waals surface area contributed by atoms with Gasteiger partial charge in [0, 0.05) is 10.6 Å². The number of hydrogen-bond acceptors (Lipinski definition) is 3. The molecular formula is C12H14ClN3O. The summed E-state index contributed by atoms with van der Waals surface area (Å²) in [6, 6.07) is 7.44. The second-order valence-electron chi connectivity index (χ2n) is 3.84. The number of rotatable bonds is 4. The quantitative estimate of drug-likeness (QED) is 0.908. The molecular weight excluding hydrogens is 238 g/mol. The van der Waals surface area contributed by atoms with E-state index in [1.807, 2.05) is 31.2 Å². The van der Waals surface area contributed by atoms with Gasteiger partial charge in [-0.3, -0.25) is 0 Å². The first-order valence-electron chi connectivity index (χ1n) is 5.52. The SMILES string of the molecule is CCC(O)Cn1ncnc1-c1cccc(Cl)c1. The first-order valence-corrected chi connectivity index (χ1v) is 5.90. The van der Waals surface area contributed by atoms with E-state index in [0.717, 1.165) is 11.4 Å². The highest BCUT2D eigenvalue weighted by Gasteiger charge is 2.10. The Kier molecular flexibility index (Phi) is 3.76. The Balaban J connectivity index is 2.30. The van der Waals surface area contributed by atoms with E-state index in [4.69, 9.17) is 11.6 Å². The molecule has 2 rings (SSSR count). The monoisotopic (exact) mass is 251 g/mol. The van der Waals surface area contributed by atoms with Crippen LogP contribution in [0.3, 0.4) is 0 Å². The van der Waals surface area contributed by atoms with E-state index in [9.17, 15) is 5.11 Å². The molecule has 0 radical (unpaired) electrons. The lowest BCUT2D eigenvalue weighted by Gasteiger charge is -2.10. The van der Waals surface area contributed by atoms with Crippen molar-refractivity contribution in [1.29, 1.82) is 0 Å². The molecule has 90 valence electrons. The normalized spacial score (nSPS) is 12.6. The Labute approximate surface area is 105 Å². The van der Waals surface area contributed by atoms with Gasteiger partial charge in [0.15, 0.2) is 5.82 Å². The highest BCUT2D eigenvalue weighted by Crippen LogP contribution is 2.20. The minimum absolute atomic E-state index is 0.408. The lowest BCUT2D eigenvalue weighted by molar-refractivity contribution is 0.146. The highest BCUT2D eigenvalue weighted by molar-refractivity contribution is 6.30. The fourth-order valence-corrected chi connectivity index (χ4v) is 1.77. The van der Waals surface area contributed by atoms with Gasteiger partial charge in [0.2, 0.25) is 0 Å². The summed E-state index contributed by atoms with van der Waals surface area (Å²) in [5, 5.41) is 14.4. The van der Waals surface area contributed by atoms with Crippen molar-refractivity contribution in [2.75, 3.05) is 0 Å². The predicted octanol–water partition coefficient (Wildman–Crippen LogP) is 2.37. The molecule has 2 aromatic rings. The Hall–Kier alpha value is -1.39. The van der Waals surface area contributed by atoms with Crippen molar-refractivity contribution in [3.05, 3.63) is 35.6 Å². The molecule has 1 heterocycles. The van der Waals surface area contributed by atoms with E-state index in [-0.39, 0.29) is 0 Å². The molecule has 0 spiro atoms. The molecule has 4 nitrogen and oxygen atoms in total. The van der Waals surface area contributed by atoms with Crippen molar-refractivity contribution < 1.29 is 5.11 Å². The average Bonchev–Trinajstić information content (AvgIpc) is 2.77. The van der Waals surface area contributed by atoms with Gasteiger partial charge in [0.05, 0.1) is 12.6 Å². The second kappa shape index (κ2) is 5.29. The third-order valence-electron chi connectivity index (χ3n) is 2.55. The van der Waals surface area contributed by atoms with Crippen LogP contribution in [-0.2, 0) is 6.54 Å². The number of halogens is 1. The number of aliphatic hydroxyl groups excluding tert-OH is 1. The third kappa shape index (κ3) is 2.84. The van der Waals surface area contributed by atoms with Gasteiger partial charge in [-0.25, -0.2) is 9.67 Å². The van der Waals surface area contributed by atoms with Gasteiger partial charge in [-0.2, -0.15) is 5.10 Å².